The third kappa shape index (κ3) is 4.07. The number of aliphatic hydroxyl groups is 1. The van der Waals surface area contributed by atoms with Crippen LogP contribution in [0.5, 0.6) is 0 Å². The van der Waals surface area contributed by atoms with Crippen molar-refractivity contribution < 1.29 is 19.3 Å². The van der Waals surface area contributed by atoms with Crippen LogP contribution in [0.15, 0.2) is 0 Å². The van der Waals surface area contributed by atoms with Crippen LogP contribution in [-0.4, -0.2) is 54.5 Å². The van der Waals surface area contributed by atoms with E-state index >= 15 is 0 Å². The van der Waals surface area contributed by atoms with Gasteiger partial charge in [0, 0.05) is 0 Å². The van der Waals surface area contributed by atoms with Crippen molar-refractivity contribution >= 4 is 23.5 Å². The van der Waals surface area contributed by atoms with E-state index in [2.05, 4.69) is 6.92 Å². The Morgan fingerprint density at radius 2 is 2.18 bits per heavy atom. The molecule has 0 aromatic heterocycles. The number of fused-ring (bicyclic) bond motifs is 1. The number of ether oxygens (including phenoxy) is 3. The van der Waals surface area contributed by atoms with Crippen molar-refractivity contribution in [2.45, 2.75) is 39.2 Å². The zero-order valence-corrected chi connectivity index (χ0v) is 11.6. The quantitative estimate of drug-likeness (QED) is 0.770. The van der Waals surface area contributed by atoms with Gasteiger partial charge in [-0.05, 0) is 0 Å². The average Bonchev–Trinajstić information content (AvgIpc) is 2.39. The van der Waals surface area contributed by atoms with Gasteiger partial charge in [0.15, 0.2) is 0 Å². The van der Waals surface area contributed by atoms with Gasteiger partial charge in [-0.1, -0.05) is 13.8 Å². The summed E-state index contributed by atoms with van der Waals surface area (Å²) in [5.41, 5.74) is 0. The van der Waals surface area contributed by atoms with Crippen LogP contribution in [0.2, 0.25) is 6.32 Å². The molecule has 1 N–H and O–H groups in total. The molecule has 2 unspecified atom stereocenters. The van der Waals surface area contributed by atoms with Gasteiger partial charge in [0.25, 0.3) is 0 Å². The van der Waals surface area contributed by atoms with E-state index in [0.717, 1.165) is 16.9 Å². The van der Waals surface area contributed by atoms with Crippen LogP contribution in [0.25, 0.3) is 0 Å². The second kappa shape index (κ2) is 7.54. The van der Waals surface area contributed by atoms with Gasteiger partial charge in [-0.3, -0.25) is 0 Å². The van der Waals surface area contributed by atoms with Gasteiger partial charge < -0.3 is 0 Å². The van der Waals surface area contributed by atoms with Gasteiger partial charge in [-0.25, -0.2) is 0 Å². The molecule has 98 valence electrons. The van der Waals surface area contributed by atoms with Crippen molar-refractivity contribution in [3.05, 3.63) is 0 Å². The van der Waals surface area contributed by atoms with E-state index in [9.17, 15) is 5.11 Å². The molecule has 0 saturated carbocycles. The Labute approximate surface area is 108 Å². The Hall–Kier alpha value is 0.125. The summed E-state index contributed by atoms with van der Waals surface area (Å²) in [6.45, 7) is 9.21. The molecule has 2 rings (SSSR count). The number of aliphatic hydroxyl groups excluding tert-OH is 1. The predicted octanol–water partition coefficient (Wildman–Crippen LogP) is 1.11. The Morgan fingerprint density at radius 1 is 1.47 bits per heavy atom. The van der Waals surface area contributed by atoms with Crippen LogP contribution in [0.4, 0.5) is 0 Å². The molecule has 0 spiro atoms. The summed E-state index contributed by atoms with van der Waals surface area (Å²) in [4.78, 5) is 0.987. The molecule has 0 radical (unpaired) electrons. The molecule has 0 aromatic carbocycles. The second-order valence-corrected chi connectivity index (χ2v) is 4.76. The molecule has 6 heteroatoms. The van der Waals surface area contributed by atoms with E-state index in [-0.39, 0.29) is 6.61 Å². The van der Waals surface area contributed by atoms with Crippen molar-refractivity contribution in [3.8, 4) is 0 Å². The number of hydrogen-bond acceptors (Lipinski definition) is 5. The Bertz CT molecular complexity index is 260. The summed E-state index contributed by atoms with van der Waals surface area (Å²) < 4.78 is 16.7. The van der Waals surface area contributed by atoms with Crippen molar-refractivity contribution in [1.29, 1.82) is 0 Å². The van der Waals surface area contributed by atoms with Crippen LogP contribution in [0.1, 0.15) is 20.8 Å². The summed E-state index contributed by atoms with van der Waals surface area (Å²) in [7, 11) is 0. The molecule has 17 heavy (non-hydrogen) atoms. The molecule has 2 aliphatic heterocycles. The average molecular weight is 260 g/mol. The van der Waals surface area contributed by atoms with Gasteiger partial charge in [0.2, 0.25) is 0 Å². The van der Waals surface area contributed by atoms with Crippen molar-refractivity contribution in [3.63, 3.8) is 0 Å². The summed E-state index contributed by atoms with van der Waals surface area (Å²) in [5.74, 6) is -0.104. The third-order valence-corrected chi connectivity index (χ3v) is 3.29. The van der Waals surface area contributed by atoms with Gasteiger partial charge in [0.1, 0.15) is 0 Å². The summed E-state index contributed by atoms with van der Waals surface area (Å²) in [6.07, 6.45) is 0.382. The van der Waals surface area contributed by atoms with Gasteiger partial charge in [0.05, 0.1) is 0 Å². The zero-order valence-electron chi connectivity index (χ0n) is 10.8. The SMILES string of the molecule is CC.CC(O)COC12OCCB=C1SCCO2. The summed E-state index contributed by atoms with van der Waals surface area (Å²) in [5, 5.41) is 9.21. The fourth-order valence-corrected chi connectivity index (χ4v) is 2.53. The first kappa shape index (κ1) is 15.2. The van der Waals surface area contributed by atoms with E-state index in [1.165, 1.54) is 0 Å². The van der Waals surface area contributed by atoms with Crippen molar-refractivity contribution in [2.75, 3.05) is 25.6 Å². The molecule has 0 amide bonds. The molecule has 0 bridgehead atoms. The van der Waals surface area contributed by atoms with E-state index in [0.29, 0.717) is 13.2 Å². The van der Waals surface area contributed by atoms with Crippen molar-refractivity contribution in [1.82, 2.24) is 0 Å². The van der Waals surface area contributed by atoms with E-state index in [1.807, 2.05) is 13.8 Å². The molecule has 2 aliphatic rings. The van der Waals surface area contributed by atoms with Crippen LogP contribution < -0.4 is 0 Å². The minimum atomic E-state index is -1.03. The monoisotopic (exact) mass is 260 g/mol. The maximum atomic E-state index is 9.21. The van der Waals surface area contributed by atoms with Crippen LogP contribution >= 0.6 is 11.8 Å². The molecule has 0 aliphatic carbocycles. The molecular weight excluding hydrogens is 239 g/mol. The van der Waals surface area contributed by atoms with Gasteiger partial charge in [-0.15, -0.1) is 0 Å². The van der Waals surface area contributed by atoms with Gasteiger partial charge >= 0.3 is 93.7 Å². The maximum absolute atomic E-state index is 9.21. The molecule has 1 saturated heterocycles. The standard InChI is InChI=1S/C9H15BO4S.C2H6/c1-7(11)6-14-9-8(10-2-3-12-9)15-5-4-13-9;1-2/h7,11H,2-6H2,1H3;1-2H3. The van der Waals surface area contributed by atoms with Crippen LogP contribution in [-0.2, 0) is 14.2 Å². The number of rotatable bonds is 3. The van der Waals surface area contributed by atoms with Crippen LogP contribution in [0, 0.1) is 0 Å². The molecular formula is C11H21BO4S. The fourth-order valence-electron chi connectivity index (χ4n) is 1.55. The number of hydrogen-bond donors (Lipinski definition) is 1. The van der Waals surface area contributed by atoms with Crippen molar-refractivity contribution in [2.24, 2.45) is 0 Å². The normalized spacial score (nSPS) is 29.1. The third-order valence-electron chi connectivity index (χ3n) is 2.19. The number of thioether (sulfide) groups is 1. The minimum absolute atomic E-state index is 0.220. The Morgan fingerprint density at radius 3 is 2.88 bits per heavy atom. The first-order valence-electron chi connectivity index (χ1n) is 6.16. The van der Waals surface area contributed by atoms with E-state index in [4.69, 9.17) is 14.2 Å². The van der Waals surface area contributed by atoms with Crippen LogP contribution in [0.3, 0.4) is 0 Å². The Kier molecular flexibility index (Phi) is 6.73. The summed E-state index contributed by atoms with van der Waals surface area (Å²) >= 11 is 1.70. The molecule has 2 atom stereocenters. The first-order chi connectivity index (χ1) is 8.23. The zero-order chi connectivity index (χ0) is 12.7. The molecule has 0 aromatic rings. The summed E-state index contributed by atoms with van der Waals surface area (Å²) in [6, 6.07) is 0. The second-order valence-electron chi connectivity index (χ2n) is 3.62. The molecule has 1 fully saturated rings. The van der Waals surface area contributed by atoms with Gasteiger partial charge in [-0.2, -0.15) is 0 Å². The Balaban J connectivity index is 0.000000686. The van der Waals surface area contributed by atoms with E-state index in [1.54, 1.807) is 18.7 Å². The topological polar surface area (TPSA) is 47.9 Å². The molecule has 4 nitrogen and oxygen atoms in total. The fraction of sp³-hybridized carbons (Fsp3) is 0.909. The first-order valence-corrected chi connectivity index (χ1v) is 7.15. The predicted molar refractivity (Wildman–Crippen MR) is 71.6 cm³/mol. The molecule has 2 heterocycles. The van der Waals surface area contributed by atoms with E-state index < -0.39 is 12.1 Å².